The first kappa shape index (κ1) is 15.4. The van der Waals surface area contributed by atoms with E-state index in [0.29, 0.717) is 5.13 Å². The number of aryl methyl sites for hydroxylation is 1. The van der Waals surface area contributed by atoms with Crippen LogP contribution in [0.15, 0.2) is 42.7 Å². The molecule has 2 heterocycles. The van der Waals surface area contributed by atoms with Crippen LogP contribution < -0.4 is 5.32 Å². The van der Waals surface area contributed by atoms with E-state index in [2.05, 4.69) is 15.4 Å². The van der Waals surface area contributed by atoms with Crippen molar-refractivity contribution in [2.75, 3.05) is 5.32 Å². The largest absolute Gasteiger partial charge is 0.300 e. The fourth-order valence-electron chi connectivity index (χ4n) is 2.17. The number of anilines is 1. The van der Waals surface area contributed by atoms with E-state index in [1.807, 2.05) is 6.92 Å². The van der Waals surface area contributed by atoms with Crippen molar-refractivity contribution in [3.05, 3.63) is 53.4 Å². The van der Waals surface area contributed by atoms with Crippen molar-refractivity contribution >= 4 is 22.4 Å². The number of halogens is 1. The summed E-state index contributed by atoms with van der Waals surface area (Å²) in [5, 5.41) is 7.39. The highest BCUT2D eigenvalue weighted by Gasteiger charge is 2.18. The fourth-order valence-corrected chi connectivity index (χ4v) is 3.00. The second-order valence-corrected chi connectivity index (χ2v) is 6.29. The predicted octanol–water partition coefficient (Wildman–Crippen LogP) is 3.65. The molecule has 0 saturated carbocycles. The first-order valence-corrected chi connectivity index (χ1v) is 7.89. The molecule has 23 heavy (non-hydrogen) atoms. The number of nitrogens with one attached hydrogen (secondary N) is 1. The summed E-state index contributed by atoms with van der Waals surface area (Å²) in [4.78, 5) is 17.7. The Hall–Kier alpha value is -2.54. The number of rotatable bonds is 4. The molecule has 0 spiro atoms. The second-order valence-electron chi connectivity index (χ2n) is 5.08. The molecule has 0 aliphatic heterocycles. The van der Waals surface area contributed by atoms with Gasteiger partial charge in [-0.15, -0.1) is 11.3 Å². The highest BCUT2D eigenvalue weighted by molar-refractivity contribution is 7.16. The minimum Gasteiger partial charge on any atom is -0.300 e. The van der Waals surface area contributed by atoms with Gasteiger partial charge in [0.25, 0.3) is 5.91 Å². The maximum Gasteiger partial charge on any atom is 0.250 e. The molecule has 3 rings (SSSR count). The molecule has 0 fully saturated rings. The van der Waals surface area contributed by atoms with Crippen molar-refractivity contribution in [1.29, 1.82) is 0 Å². The predicted molar refractivity (Wildman–Crippen MR) is 87.8 cm³/mol. The molecule has 0 unspecified atom stereocenters. The van der Waals surface area contributed by atoms with Crippen molar-refractivity contribution in [3.63, 3.8) is 0 Å². The van der Waals surface area contributed by atoms with E-state index >= 15 is 0 Å². The lowest BCUT2D eigenvalue weighted by atomic mass is 10.1. The number of thiazole rings is 1. The SMILES string of the molecule is Cc1sc(NC(=O)[C@@H](C)n2cccn2)nc1-c1ccc(F)cc1. The van der Waals surface area contributed by atoms with Gasteiger partial charge in [0.1, 0.15) is 11.9 Å². The molecule has 3 aromatic rings. The monoisotopic (exact) mass is 330 g/mol. The summed E-state index contributed by atoms with van der Waals surface area (Å²) in [5.41, 5.74) is 1.57. The van der Waals surface area contributed by atoms with E-state index < -0.39 is 6.04 Å². The molecule has 7 heteroatoms. The zero-order valence-electron chi connectivity index (χ0n) is 12.7. The Morgan fingerprint density at radius 2 is 2.09 bits per heavy atom. The lowest BCUT2D eigenvalue weighted by Gasteiger charge is -2.10. The maximum absolute atomic E-state index is 13.0. The van der Waals surface area contributed by atoms with E-state index in [0.717, 1.165) is 16.1 Å². The molecule has 0 radical (unpaired) electrons. The molecular formula is C16H15FN4OS. The van der Waals surface area contributed by atoms with E-state index in [1.54, 1.807) is 42.2 Å². The zero-order chi connectivity index (χ0) is 16.4. The van der Waals surface area contributed by atoms with E-state index in [9.17, 15) is 9.18 Å². The molecule has 2 aromatic heterocycles. The third kappa shape index (κ3) is 3.29. The van der Waals surface area contributed by atoms with Gasteiger partial charge < -0.3 is 5.32 Å². The normalized spacial score (nSPS) is 12.1. The number of nitrogens with zero attached hydrogens (tertiary/aromatic N) is 3. The standard InChI is InChI=1S/C16H15FN4OS/c1-10(21-9-3-8-18-21)15(22)20-16-19-14(11(2)23-16)12-4-6-13(17)7-5-12/h3-10H,1-2H3,(H,19,20,22)/t10-/m1/s1. The Balaban J connectivity index is 1.78. The van der Waals surface area contributed by atoms with Crippen LogP contribution in [-0.2, 0) is 4.79 Å². The minimum atomic E-state index is -0.427. The number of hydrogen-bond acceptors (Lipinski definition) is 4. The molecule has 0 bridgehead atoms. The van der Waals surface area contributed by atoms with Crippen LogP contribution >= 0.6 is 11.3 Å². The minimum absolute atomic E-state index is 0.187. The number of amides is 1. The average molecular weight is 330 g/mol. The number of carbonyl (C=O) groups is 1. The van der Waals surface area contributed by atoms with E-state index in [1.165, 1.54) is 23.5 Å². The molecule has 1 amide bonds. The van der Waals surface area contributed by atoms with Crippen LogP contribution in [0.25, 0.3) is 11.3 Å². The van der Waals surface area contributed by atoms with Gasteiger partial charge in [-0.05, 0) is 44.2 Å². The summed E-state index contributed by atoms with van der Waals surface area (Å²) in [5.74, 6) is -0.476. The van der Waals surface area contributed by atoms with Gasteiger partial charge in [0, 0.05) is 22.8 Å². The first-order chi connectivity index (χ1) is 11.0. The molecule has 5 nitrogen and oxygen atoms in total. The van der Waals surface area contributed by atoms with Gasteiger partial charge in [-0.25, -0.2) is 9.37 Å². The Labute approximate surface area is 136 Å². The molecule has 1 N–H and O–H groups in total. The third-order valence-corrected chi connectivity index (χ3v) is 4.33. The molecule has 0 aliphatic rings. The van der Waals surface area contributed by atoms with Crippen molar-refractivity contribution in [2.45, 2.75) is 19.9 Å². The highest BCUT2D eigenvalue weighted by Crippen LogP contribution is 2.30. The Kier molecular flexibility index (Phi) is 4.20. The van der Waals surface area contributed by atoms with Crippen LogP contribution in [0.1, 0.15) is 17.8 Å². The number of hydrogen-bond donors (Lipinski definition) is 1. The van der Waals surface area contributed by atoms with Crippen molar-refractivity contribution in [1.82, 2.24) is 14.8 Å². The Morgan fingerprint density at radius 1 is 1.35 bits per heavy atom. The average Bonchev–Trinajstić information content (AvgIpc) is 3.17. The fraction of sp³-hybridized carbons (Fsp3) is 0.188. The summed E-state index contributed by atoms with van der Waals surface area (Å²) in [6.45, 7) is 3.69. The van der Waals surface area contributed by atoms with Gasteiger partial charge in [0.15, 0.2) is 5.13 Å². The lowest BCUT2D eigenvalue weighted by Crippen LogP contribution is -2.23. The summed E-state index contributed by atoms with van der Waals surface area (Å²) < 4.78 is 14.6. The zero-order valence-corrected chi connectivity index (χ0v) is 13.5. The van der Waals surface area contributed by atoms with Gasteiger partial charge in [-0.1, -0.05) is 0 Å². The Bertz CT molecular complexity index is 811. The van der Waals surface area contributed by atoms with E-state index in [-0.39, 0.29) is 11.7 Å². The topological polar surface area (TPSA) is 59.8 Å². The summed E-state index contributed by atoms with van der Waals surface area (Å²) >= 11 is 1.39. The van der Waals surface area contributed by atoms with Crippen LogP contribution in [0.2, 0.25) is 0 Å². The van der Waals surface area contributed by atoms with E-state index in [4.69, 9.17) is 0 Å². The summed E-state index contributed by atoms with van der Waals surface area (Å²) in [6.07, 6.45) is 3.37. The summed E-state index contributed by atoms with van der Waals surface area (Å²) in [6, 6.07) is 7.48. The number of benzene rings is 1. The smallest absolute Gasteiger partial charge is 0.250 e. The lowest BCUT2D eigenvalue weighted by molar-refractivity contribution is -0.119. The van der Waals surface area contributed by atoms with Crippen LogP contribution in [-0.4, -0.2) is 20.7 Å². The molecule has 1 atom stereocenters. The van der Waals surface area contributed by atoms with Crippen LogP contribution in [0.3, 0.4) is 0 Å². The highest BCUT2D eigenvalue weighted by atomic mass is 32.1. The van der Waals surface area contributed by atoms with Crippen molar-refractivity contribution in [2.24, 2.45) is 0 Å². The molecule has 0 aliphatic carbocycles. The molecule has 118 valence electrons. The third-order valence-electron chi connectivity index (χ3n) is 3.45. The summed E-state index contributed by atoms with van der Waals surface area (Å²) in [7, 11) is 0. The van der Waals surface area contributed by atoms with Crippen LogP contribution in [0, 0.1) is 12.7 Å². The molecule has 1 aromatic carbocycles. The van der Waals surface area contributed by atoms with Gasteiger partial charge in [-0.2, -0.15) is 5.10 Å². The van der Waals surface area contributed by atoms with Gasteiger partial charge >= 0.3 is 0 Å². The maximum atomic E-state index is 13.0. The quantitative estimate of drug-likeness (QED) is 0.794. The number of aromatic nitrogens is 3. The molecule has 0 saturated heterocycles. The molecular weight excluding hydrogens is 315 g/mol. The van der Waals surface area contributed by atoms with Gasteiger partial charge in [0.05, 0.1) is 5.69 Å². The van der Waals surface area contributed by atoms with Gasteiger partial charge in [-0.3, -0.25) is 9.48 Å². The first-order valence-electron chi connectivity index (χ1n) is 7.08. The van der Waals surface area contributed by atoms with Gasteiger partial charge in [0.2, 0.25) is 0 Å². The second kappa shape index (κ2) is 6.29. The van der Waals surface area contributed by atoms with Crippen LogP contribution in [0.4, 0.5) is 9.52 Å². The number of carbonyl (C=O) groups excluding carboxylic acids is 1. The Morgan fingerprint density at radius 3 is 2.74 bits per heavy atom. The van der Waals surface area contributed by atoms with Crippen molar-refractivity contribution in [3.8, 4) is 11.3 Å². The van der Waals surface area contributed by atoms with Crippen molar-refractivity contribution < 1.29 is 9.18 Å². The van der Waals surface area contributed by atoms with Crippen LogP contribution in [0.5, 0.6) is 0 Å².